The van der Waals surface area contributed by atoms with E-state index in [0.29, 0.717) is 37.4 Å². The second-order valence-corrected chi connectivity index (χ2v) is 9.10. The number of piperidine rings is 1. The first kappa shape index (κ1) is 23.7. The second-order valence-electron chi connectivity index (χ2n) is 9.10. The molecule has 8 nitrogen and oxygen atoms in total. The number of anilines is 1. The van der Waals surface area contributed by atoms with E-state index < -0.39 is 0 Å². The number of hydrogen-bond donors (Lipinski definition) is 1. The van der Waals surface area contributed by atoms with Crippen LogP contribution in [0.5, 0.6) is 0 Å². The molecule has 0 radical (unpaired) electrons. The third-order valence-corrected chi connectivity index (χ3v) is 6.44. The van der Waals surface area contributed by atoms with E-state index in [0.717, 1.165) is 30.0 Å². The van der Waals surface area contributed by atoms with Crippen molar-refractivity contribution < 1.29 is 23.9 Å². The normalized spacial score (nSPS) is 17.8. The van der Waals surface area contributed by atoms with Gasteiger partial charge in [0.05, 0.1) is 30.3 Å². The van der Waals surface area contributed by atoms with Crippen LogP contribution in [0.2, 0.25) is 0 Å². The molecule has 2 aromatic carbocycles. The van der Waals surface area contributed by atoms with E-state index in [-0.39, 0.29) is 42.1 Å². The molecule has 0 aromatic heterocycles. The zero-order chi connectivity index (χ0) is 24.2. The lowest BCUT2D eigenvalue weighted by molar-refractivity contribution is -0.151. The summed E-state index contributed by atoms with van der Waals surface area (Å²) in [5.41, 5.74) is 0.811. The molecule has 0 bridgehead atoms. The average Bonchev–Trinajstić information content (AvgIpc) is 3.69. The smallest absolute Gasteiger partial charge is 0.310 e. The fraction of sp³-hybridized carbons (Fsp3) is 0.462. The van der Waals surface area contributed by atoms with Gasteiger partial charge in [-0.1, -0.05) is 24.3 Å². The van der Waals surface area contributed by atoms with E-state index in [9.17, 15) is 19.2 Å². The minimum atomic E-state index is -0.343. The molecule has 1 unspecified atom stereocenters. The van der Waals surface area contributed by atoms with Crippen molar-refractivity contribution in [2.75, 3.05) is 38.6 Å². The van der Waals surface area contributed by atoms with Crippen LogP contribution in [0.1, 0.15) is 43.0 Å². The number of hydrogen-bond acceptors (Lipinski definition) is 5. The molecule has 2 aromatic rings. The van der Waals surface area contributed by atoms with Gasteiger partial charge in [-0.3, -0.25) is 19.2 Å². The van der Waals surface area contributed by atoms with Gasteiger partial charge in [-0.2, -0.15) is 0 Å². The Labute approximate surface area is 199 Å². The van der Waals surface area contributed by atoms with Gasteiger partial charge < -0.3 is 19.9 Å². The highest BCUT2D eigenvalue weighted by molar-refractivity contribution is 6.08. The molecule has 1 aliphatic heterocycles. The third-order valence-electron chi connectivity index (χ3n) is 6.44. The summed E-state index contributed by atoms with van der Waals surface area (Å²) in [5, 5.41) is 4.71. The molecule has 1 aliphatic carbocycles. The second kappa shape index (κ2) is 10.2. The first-order chi connectivity index (χ1) is 16.4. The Bertz CT molecular complexity index is 1110. The van der Waals surface area contributed by atoms with Crippen LogP contribution in [0.4, 0.5) is 5.69 Å². The molecule has 8 heteroatoms. The van der Waals surface area contributed by atoms with Gasteiger partial charge in [0, 0.05) is 26.1 Å². The van der Waals surface area contributed by atoms with Crippen LogP contribution in [-0.2, 0) is 19.1 Å². The molecule has 34 heavy (non-hydrogen) atoms. The lowest BCUT2D eigenvalue weighted by Gasteiger charge is -2.32. The maximum Gasteiger partial charge on any atom is 0.310 e. The van der Waals surface area contributed by atoms with Crippen LogP contribution < -0.4 is 5.32 Å². The first-order valence-electron chi connectivity index (χ1n) is 11.9. The van der Waals surface area contributed by atoms with Gasteiger partial charge in [0.15, 0.2) is 0 Å². The summed E-state index contributed by atoms with van der Waals surface area (Å²) in [4.78, 5) is 53.9. The average molecular weight is 466 g/mol. The Morgan fingerprint density at radius 3 is 2.44 bits per heavy atom. The van der Waals surface area contributed by atoms with Gasteiger partial charge >= 0.3 is 5.97 Å². The highest BCUT2D eigenvalue weighted by Gasteiger charge is 2.32. The minimum absolute atomic E-state index is 0.000162. The highest BCUT2D eigenvalue weighted by Crippen LogP contribution is 2.32. The van der Waals surface area contributed by atoms with E-state index in [1.54, 1.807) is 24.9 Å². The number of carbonyl (C=O) groups excluding carboxylic acids is 4. The quantitative estimate of drug-likeness (QED) is 0.634. The number of amides is 3. The van der Waals surface area contributed by atoms with E-state index in [1.165, 1.54) is 4.90 Å². The highest BCUT2D eigenvalue weighted by atomic mass is 16.5. The number of likely N-dealkylation sites (tertiary alicyclic amines) is 1. The topological polar surface area (TPSA) is 96.0 Å². The van der Waals surface area contributed by atoms with Crippen molar-refractivity contribution in [1.82, 2.24) is 9.80 Å². The van der Waals surface area contributed by atoms with Crippen LogP contribution in [0, 0.1) is 11.8 Å². The number of benzene rings is 2. The van der Waals surface area contributed by atoms with Gasteiger partial charge in [-0.15, -0.1) is 0 Å². The van der Waals surface area contributed by atoms with E-state index in [2.05, 4.69) is 5.32 Å². The Hall–Kier alpha value is -3.42. The Balaban J connectivity index is 1.49. The van der Waals surface area contributed by atoms with E-state index >= 15 is 0 Å². The number of carbonyl (C=O) groups is 4. The van der Waals surface area contributed by atoms with Crippen LogP contribution in [0.3, 0.4) is 0 Å². The predicted molar refractivity (Wildman–Crippen MR) is 128 cm³/mol. The summed E-state index contributed by atoms with van der Waals surface area (Å²) >= 11 is 0. The molecular weight excluding hydrogens is 434 g/mol. The summed E-state index contributed by atoms with van der Waals surface area (Å²) in [6, 6.07) is 11.2. The molecule has 1 atom stereocenters. The van der Waals surface area contributed by atoms with Crippen molar-refractivity contribution in [2.45, 2.75) is 32.6 Å². The van der Waals surface area contributed by atoms with Crippen molar-refractivity contribution in [3.63, 3.8) is 0 Å². The minimum Gasteiger partial charge on any atom is -0.466 e. The lowest BCUT2D eigenvalue weighted by atomic mass is 9.98. The number of likely N-dealkylation sites (N-methyl/N-ethyl adjacent to an activating group) is 1. The van der Waals surface area contributed by atoms with Crippen molar-refractivity contribution in [2.24, 2.45) is 11.8 Å². The van der Waals surface area contributed by atoms with Gasteiger partial charge in [0.2, 0.25) is 11.8 Å². The molecule has 2 fully saturated rings. The van der Waals surface area contributed by atoms with Crippen LogP contribution in [0.15, 0.2) is 36.4 Å². The van der Waals surface area contributed by atoms with Gasteiger partial charge in [-0.05, 0) is 55.5 Å². The number of rotatable bonds is 7. The Kier molecular flexibility index (Phi) is 7.14. The van der Waals surface area contributed by atoms with Gasteiger partial charge in [0.25, 0.3) is 5.91 Å². The maximum absolute atomic E-state index is 13.4. The van der Waals surface area contributed by atoms with Crippen molar-refractivity contribution in [1.29, 1.82) is 0 Å². The molecule has 2 aliphatic rings. The molecule has 1 saturated heterocycles. The molecule has 3 amide bonds. The Morgan fingerprint density at radius 2 is 1.76 bits per heavy atom. The molecular formula is C26H31N3O5. The lowest BCUT2D eigenvalue weighted by Crippen LogP contribution is -2.47. The molecule has 4 rings (SSSR count). The summed E-state index contributed by atoms with van der Waals surface area (Å²) in [6.45, 7) is 2.81. The molecule has 180 valence electrons. The fourth-order valence-corrected chi connectivity index (χ4v) is 4.34. The fourth-order valence-electron chi connectivity index (χ4n) is 4.34. The van der Waals surface area contributed by atoms with E-state index in [4.69, 9.17) is 4.74 Å². The van der Waals surface area contributed by atoms with Gasteiger partial charge in [-0.25, -0.2) is 0 Å². The maximum atomic E-state index is 13.4. The number of fused-ring (bicyclic) bond motifs is 1. The van der Waals surface area contributed by atoms with Gasteiger partial charge in [0.1, 0.15) is 0 Å². The zero-order valence-electron chi connectivity index (χ0n) is 19.7. The number of nitrogens with one attached hydrogen (secondary N) is 1. The van der Waals surface area contributed by atoms with Crippen LogP contribution in [0.25, 0.3) is 10.8 Å². The van der Waals surface area contributed by atoms with Crippen LogP contribution >= 0.6 is 0 Å². The summed E-state index contributed by atoms with van der Waals surface area (Å²) in [7, 11) is 1.58. The monoisotopic (exact) mass is 465 g/mol. The zero-order valence-corrected chi connectivity index (χ0v) is 19.7. The molecule has 1 N–H and O–H groups in total. The molecule has 1 heterocycles. The number of nitrogens with zero attached hydrogens (tertiary/aromatic N) is 2. The van der Waals surface area contributed by atoms with E-state index in [1.807, 2.05) is 30.3 Å². The van der Waals surface area contributed by atoms with Crippen molar-refractivity contribution in [3.8, 4) is 0 Å². The SMILES string of the molecule is CCOC(=O)C1CCCN(C(=O)CN(C)C(=O)c2cc3ccccc3cc2NC(=O)C2CC2)C1. The number of esters is 1. The Morgan fingerprint density at radius 1 is 1.06 bits per heavy atom. The third kappa shape index (κ3) is 5.38. The van der Waals surface area contributed by atoms with Crippen molar-refractivity contribution >= 4 is 40.2 Å². The molecule has 1 saturated carbocycles. The largest absolute Gasteiger partial charge is 0.466 e. The standard InChI is InChI=1S/C26H31N3O5/c1-3-34-26(33)20-9-6-12-29(15-20)23(30)16-28(2)25(32)21-13-18-7-4-5-8-19(18)14-22(21)27-24(31)17-10-11-17/h4-5,7-8,13-14,17,20H,3,6,9-12,15-16H2,1-2H3,(H,27,31). The number of ether oxygens (including phenoxy) is 1. The predicted octanol–water partition coefficient (Wildman–Crippen LogP) is 3.06. The summed E-state index contributed by atoms with van der Waals surface area (Å²) < 4.78 is 5.11. The molecule has 0 spiro atoms. The summed E-state index contributed by atoms with van der Waals surface area (Å²) in [5.74, 6) is -1.25. The van der Waals surface area contributed by atoms with Crippen LogP contribution in [-0.4, -0.2) is 66.8 Å². The van der Waals surface area contributed by atoms with Crippen molar-refractivity contribution in [3.05, 3.63) is 42.0 Å². The summed E-state index contributed by atoms with van der Waals surface area (Å²) in [6.07, 6.45) is 3.13. The first-order valence-corrected chi connectivity index (χ1v) is 11.9.